The first kappa shape index (κ1) is 20.0. The van der Waals surface area contributed by atoms with E-state index < -0.39 is 23.8 Å². The molecule has 0 aromatic heterocycles. The standard InChI is InChI=1S/C21H17ClF3NO2/c1-2-18(28-19-9-5-7-13-6-3-4-8-15(13)19)20(27)26-17-12-14(21(23,24)25)10-11-16(17)22/h3-12,18H,2H2,1H3,(H,26,27)/t18-/m0/s1. The predicted molar refractivity (Wildman–Crippen MR) is 104 cm³/mol. The number of ether oxygens (including phenoxy) is 1. The number of hydrogen-bond donors (Lipinski definition) is 1. The maximum Gasteiger partial charge on any atom is 0.416 e. The molecule has 0 aliphatic rings. The van der Waals surface area contributed by atoms with E-state index in [-0.39, 0.29) is 10.7 Å². The summed E-state index contributed by atoms with van der Waals surface area (Å²) >= 11 is 5.95. The van der Waals surface area contributed by atoms with Gasteiger partial charge in [-0.2, -0.15) is 13.2 Å². The van der Waals surface area contributed by atoms with E-state index in [4.69, 9.17) is 16.3 Å². The van der Waals surface area contributed by atoms with E-state index in [0.29, 0.717) is 12.2 Å². The van der Waals surface area contributed by atoms with Crippen molar-refractivity contribution in [2.24, 2.45) is 0 Å². The summed E-state index contributed by atoms with van der Waals surface area (Å²) in [4.78, 5) is 12.6. The average Bonchev–Trinajstić information content (AvgIpc) is 2.66. The zero-order chi connectivity index (χ0) is 20.3. The van der Waals surface area contributed by atoms with Crippen LogP contribution in [-0.4, -0.2) is 12.0 Å². The van der Waals surface area contributed by atoms with Crippen molar-refractivity contribution in [2.45, 2.75) is 25.6 Å². The van der Waals surface area contributed by atoms with Crippen LogP contribution in [0.15, 0.2) is 60.7 Å². The van der Waals surface area contributed by atoms with Crippen molar-refractivity contribution in [3.63, 3.8) is 0 Å². The molecule has 0 aliphatic heterocycles. The lowest BCUT2D eigenvalue weighted by molar-refractivity contribution is -0.137. The molecule has 28 heavy (non-hydrogen) atoms. The van der Waals surface area contributed by atoms with Crippen molar-refractivity contribution in [2.75, 3.05) is 5.32 Å². The minimum absolute atomic E-state index is 0.0152. The van der Waals surface area contributed by atoms with Gasteiger partial charge in [0.15, 0.2) is 6.10 Å². The summed E-state index contributed by atoms with van der Waals surface area (Å²) in [7, 11) is 0. The van der Waals surface area contributed by atoms with E-state index in [0.717, 1.165) is 29.0 Å². The van der Waals surface area contributed by atoms with Crippen LogP contribution < -0.4 is 10.1 Å². The van der Waals surface area contributed by atoms with Gasteiger partial charge in [-0.3, -0.25) is 4.79 Å². The Labute approximate surface area is 165 Å². The average molecular weight is 408 g/mol. The second-order valence-electron chi connectivity index (χ2n) is 6.17. The molecule has 0 aliphatic carbocycles. The number of alkyl halides is 3. The summed E-state index contributed by atoms with van der Waals surface area (Å²) in [6.45, 7) is 1.75. The Morgan fingerprint density at radius 1 is 1.11 bits per heavy atom. The van der Waals surface area contributed by atoms with E-state index in [1.165, 1.54) is 0 Å². The van der Waals surface area contributed by atoms with Gasteiger partial charge in [-0.05, 0) is 36.1 Å². The molecular formula is C21H17ClF3NO2. The molecule has 1 N–H and O–H groups in total. The monoisotopic (exact) mass is 407 g/mol. The zero-order valence-corrected chi connectivity index (χ0v) is 15.6. The predicted octanol–water partition coefficient (Wildman–Crippen LogP) is 6.31. The van der Waals surface area contributed by atoms with Crippen molar-refractivity contribution < 1.29 is 22.7 Å². The molecule has 3 aromatic rings. The van der Waals surface area contributed by atoms with Crippen LogP contribution in [0.3, 0.4) is 0 Å². The van der Waals surface area contributed by atoms with Gasteiger partial charge in [0.25, 0.3) is 5.91 Å². The Kier molecular flexibility index (Phi) is 5.79. The van der Waals surface area contributed by atoms with Crippen molar-refractivity contribution in [1.82, 2.24) is 0 Å². The summed E-state index contributed by atoms with van der Waals surface area (Å²) in [5, 5.41) is 4.26. The number of halogens is 4. The summed E-state index contributed by atoms with van der Waals surface area (Å²) in [5.74, 6) is -0.0492. The van der Waals surface area contributed by atoms with E-state index in [1.54, 1.807) is 13.0 Å². The molecule has 1 amide bonds. The normalized spacial score (nSPS) is 12.6. The van der Waals surface area contributed by atoms with Gasteiger partial charge in [-0.15, -0.1) is 0 Å². The SMILES string of the molecule is CC[C@H](Oc1cccc2ccccc12)C(=O)Nc1cc(C(F)(F)F)ccc1Cl. The topological polar surface area (TPSA) is 38.3 Å². The summed E-state index contributed by atoms with van der Waals surface area (Å²) in [6, 6.07) is 15.8. The van der Waals surface area contributed by atoms with Crippen molar-refractivity contribution in [1.29, 1.82) is 0 Å². The molecule has 0 saturated heterocycles. The number of rotatable bonds is 5. The highest BCUT2D eigenvalue weighted by molar-refractivity contribution is 6.33. The number of benzene rings is 3. The van der Waals surface area contributed by atoms with Crippen LogP contribution in [0.5, 0.6) is 5.75 Å². The lowest BCUT2D eigenvalue weighted by Gasteiger charge is -2.19. The molecule has 3 aromatic carbocycles. The van der Waals surface area contributed by atoms with Crippen LogP contribution in [-0.2, 0) is 11.0 Å². The quantitative estimate of drug-likeness (QED) is 0.538. The number of carbonyl (C=O) groups is 1. The van der Waals surface area contributed by atoms with Crippen molar-refractivity contribution in [3.8, 4) is 5.75 Å². The molecule has 1 atom stereocenters. The zero-order valence-electron chi connectivity index (χ0n) is 14.9. The van der Waals surface area contributed by atoms with Crippen LogP contribution >= 0.6 is 11.6 Å². The van der Waals surface area contributed by atoms with Crippen LogP contribution in [0.2, 0.25) is 5.02 Å². The lowest BCUT2D eigenvalue weighted by atomic mass is 10.1. The number of amides is 1. The van der Waals surface area contributed by atoms with Gasteiger partial charge in [0.05, 0.1) is 16.3 Å². The van der Waals surface area contributed by atoms with Crippen LogP contribution in [0.25, 0.3) is 10.8 Å². The fourth-order valence-electron chi connectivity index (χ4n) is 2.78. The van der Waals surface area contributed by atoms with Crippen LogP contribution in [0, 0.1) is 0 Å². The van der Waals surface area contributed by atoms with E-state index >= 15 is 0 Å². The maximum atomic E-state index is 12.9. The van der Waals surface area contributed by atoms with E-state index in [2.05, 4.69) is 5.32 Å². The lowest BCUT2D eigenvalue weighted by Crippen LogP contribution is -2.32. The molecule has 0 heterocycles. The highest BCUT2D eigenvalue weighted by Crippen LogP contribution is 2.34. The molecule has 146 valence electrons. The summed E-state index contributed by atoms with van der Waals surface area (Å²) in [6.07, 6.45) is -5.10. The second kappa shape index (κ2) is 8.10. The van der Waals surface area contributed by atoms with E-state index in [1.807, 2.05) is 36.4 Å². The number of carbonyl (C=O) groups excluding carboxylic acids is 1. The van der Waals surface area contributed by atoms with Gasteiger partial charge < -0.3 is 10.1 Å². The van der Waals surface area contributed by atoms with Gasteiger partial charge in [0, 0.05) is 5.39 Å². The Bertz CT molecular complexity index is 999. The van der Waals surface area contributed by atoms with Gasteiger partial charge in [0.2, 0.25) is 0 Å². The number of nitrogens with one attached hydrogen (secondary N) is 1. The first-order valence-corrected chi connectivity index (χ1v) is 8.99. The van der Waals surface area contributed by atoms with E-state index in [9.17, 15) is 18.0 Å². The molecule has 0 spiro atoms. The molecule has 0 bridgehead atoms. The Morgan fingerprint density at radius 2 is 1.82 bits per heavy atom. The number of fused-ring (bicyclic) bond motifs is 1. The summed E-state index contributed by atoms with van der Waals surface area (Å²) in [5.41, 5.74) is -1.00. The molecule has 0 saturated carbocycles. The fraction of sp³-hybridized carbons (Fsp3) is 0.190. The highest BCUT2D eigenvalue weighted by atomic mass is 35.5. The van der Waals surface area contributed by atoms with Crippen molar-refractivity contribution in [3.05, 3.63) is 71.2 Å². The van der Waals surface area contributed by atoms with Gasteiger partial charge in [-0.1, -0.05) is 54.9 Å². The van der Waals surface area contributed by atoms with Gasteiger partial charge in [-0.25, -0.2) is 0 Å². The molecule has 3 rings (SSSR count). The minimum atomic E-state index is -4.53. The van der Waals surface area contributed by atoms with Crippen molar-refractivity contribution >= 4 is 34.0 Å². The minimum Gasteiger partial charge on any atom is -0.480 e. The fourth-order valence-corrected chi connectivity index (χ4v) is 2.95. The third-order valence-electron chi connectivity index (χ3n) is 4.23. The third-order valence-corrected chi connectivity index (χ3v) is 4.56. The number of hydrogen-bond acceptors (Lipinski definition) is 2. The molecular weight excluding hydrogens is 391 g/mol. The van der Waals surface area contributed by atoms with Gasteiger partial charge >= 0.3 is 6.18 Å². The summed E-state index contributed by atoms with van der Waals surface area (Å²) < 4.78 is 44.6. The number of anilines is 1. The smallest absolute Gasteiger partial charge is 0.416 e. The Morgan fingerprint density at radius 3 is 2.54 bits per heavy atom. The molecule has 3 nitrogen and oxygen atoms in total. The third kappa shape index (κ3) is 4.39. The van der Waals surface area contributed by atoms with Crippen LogP contribution in [0.4, 0.5) is 18.9 Å². The highest BCUT2D eigenvalue weighted by Gasteiger charge is 2.31. The largest absolute Gasteiger partial charge is 0.480 e. The Hall–Kier alpha value is -2.73. The van der Waals surface area contributed by atoms with Gasteiger partial charge in [0.1, 0.15) is 5.75 Å². The first-order chi connectivity index (χ1) is 13.3. The molecule has 0 unspecified atom stereocenters. The second-order valence-corrected chi connectivity index (χ2v) is 6.58. The van der Waals surface area contributed by atoms with Crippen LogP contribution in [0.1, 0.15) is 18.9 Å². The first-order valence-electron chi connectivity index (χ1n) is 8.61. The Balaban J connectivity index is 1.83. The molecule has 0 radical (unpaired) electrons. The molecule has 0 fully saturated rings. The maximum absolute atomic E-state index is 12.9. The molecule has 7 heteroatoms.